The first-order chi connectivity index (χ1) is 14.9. The minimum Gasteiger partial charge on any atom is -0.493 e. The highest BCUT2D eigenvalue weighted by atomic mass is 35.5. The normalized spacial score (nSPS) is 14.3. The summed E-state index contributed by atoms with van der Waals surface area (Å²) in [6.07, 6.45) is 3.50. The number of rotatable bonds is 7. The fraction of sp³-hybridized carbons (Fsp3) is 0.333. The van der Waals surface area contributed by atoms with E-state index in [-0.39, 0.29) is 17.6 Å². The predicted octanol–water partition coefficient (Wildman–Crippen LogP) is 5.47. The molecule has 31 heavy (non-hydrogen) atoms. The van der Waals surface area contributed by atoms with Crippen LogP contribution in [0.4, 0.5) is 0 Å². The maximum absolute atomic E-state index is 13.1. The van der Waals surface area contributed by atoms with E-state index in [1.54, 1.807) is 49.5 Å². The van der Waals surface area contributed by atoms with Crippen LogP contribution in [0.1, 0.15) is 39.1 Å². The number of benzene rings is 2. The number of methoxy groups -OCH3 is 2. The summed E-state index contributed by atoms with van der Waals surface area (Å²) in [4.78, 5) is 27.8. The Labute approximate surface area is 192 Å². The molecule has 0 aliphatic carbocycles. The van der Waals surface area contributed by atoms with Crippen LogP contribution in [0.25, 0.3) is 0 Å². The van der Waals surface area contributed by atoms with Gasteiger partial charge in [-0.3, -0.25) is 9.59 Å². The maximum atomic E-state index is 13.1. The first-order valence-corrected chi connectivity index (χ1v) is 10.8. The zero-order chi connectivity index (χ0) is 22.5. The Hall–Kier alpha value is -2.50. The highest BCUT2D eigenvalue weighted by Crippen LogP contribution is 2.34. The third-order valence-electron chi connectivity index (χ3n) is 5.52. The molecule has 1 amide bonds. The zero-order valence-electron chi connectivity index (χ0n) is 17.6. The van der Waals surface area contributed by atoms with Gasteiger partial charge in [0.2, 0.25) is 0 Å². The van der Waals surface area contributed by atoms with Crippen LogP contribution in [0.15, 0.2) is 43.0 Å². The molecular weight excluding hydrogens is 437 g/mol. The van der Waals surface area contributed by atoms with E-state index in [1.807, 2.05) is 6.07 Å². The van der Waals surface area contributed by atoms with Crippen molar-refractivity contribution in [2.45, 2.75) is 19.3 Å². The van der Waals surface area contributed by atoms with Crippen molar-refractivity contribution in [1.82, 2.24) is 4.90 Å². The molecule has 0 bridgehead atoms. The van der Waals surface area contributed by atoms with E-state index in [4.69, 9.17) is 32.7 Å². The molecule has 1 aliphatic rings. The number of hydrogen-bond donors (Lipinski definition) is 0. The van der Waals surface area contributed by atoms with Gasteiger partial charge in [-0.05, 0) is 49.6 Å². The minimum atomic E-state index is -0.150. The van der Waals surface area contributed by atoms with E-state index in [9.17, 15) is 9.59 Å². The van der Waals surface area contributed by atoms with Gasteiger partial charge in [-0.2, -0.15) is 0 Å². The second kappa shape index (κ2) is 10.2. The Balaban J connectivity index is 1.72. The topological polar surface area (TPSA) is 55.8 Å². The van der Waals surface area contributed by atoms with Crippen molar-refractivity contribution in [1.29, 1.82) is 0 Å². The summed E-state index contributed by atoms with van der Waals surface area (Å²) in [5.74, 6) is 0.902. The standard InChI is InChI=1S/C24H25Cl2NO4/c1-4-5-17-12-18(14-21(30-2)23(17)31-3)24(29)27-10-8-15(9-11-27)22(28)16-6-7-19(25)20(26)13-16/h4,6-7,12-15H,1,5,8-11H2,2-3H3. The number of nitrogens with zero attached hydrogens (tertiary/aromatic N) is 1. The third-order valence-corrected chi connectivity index (χ3v) is 6.26. The Morgan fingerprint density at radius 3 is 2.35 bits per heavy atom. The number of ketones is 1. The average molecular weight is 462 g/mol. The molecular formula is C24H25Cl2NO4. The first-order valence-electron chi connectivity index (χ1n) is 10.0. The molecule has 0 spiro atoms. The number of hydrogen-bond acceptors (Lipinski definition) is 4. The van der Waals surface area contributed by atoms with Crippen molar-refractivity contribution in [3.8, 4) is 11.5 Å². The van der Waals surface area contributed by atoms with Crippen molar-refractivity contribution >= 4 is 34.9 Å². The van der Waals surface area contributed by atoms with Crippen LogP contribution in [0.5, 0.6) is 11.5 Å². The molecule has 1 fully saturated rings. The zero-order valence-corrected chi connectivity index (χ0v) is 19.1. The van der Waals surface area contributed by atoms with E-state index < -0.39 is 0 Å². The lowest BCUT2D eigenvalue weighted by Crippen LogP contribution is -2.40. The summed E-state index contributed by atoms with van der Waals surface area (Å²) in [5.41, 5.74) is 1.92. The number of amides is 1. The molecule has 2 aromatic carbocycles. The molecule has 164 valence electrons. The van der Waals surface area contributed by atoms with E-state index in [0.717, 1.165) is 5.56 Å². The van der Waals surface area contributed by atoms with Crippen LogP contribution in [0.2, 0.25) is 10.0 Å². The van der Waals surface area contributed by atoms with Crippen LogP contribution in [-0.2, 0) is 6.42 Å². The lowest BCUT2D eigenvalue weighted by molar-refractivity contribution is 0.0650. The van der Waals surface area contributed by atoms with Crippen molar-refractivity contribution in [2.24, 2.45) is 5.92 Å². The molecule has 7 heteroatoms. The molecule has 0 saturated carbocycles. The quantitative estimate of drug-likeness (QED) is 0.404. The molecule has 3 rings (SSSR count). The van der Waals surface area contributed by atoms with Gasteiger partial charge in [0.05, 0.1) is 24.3 Å². The number of carbonyl (C=O) groups excluding carboxylic acids is 2. The molecule has 1 aliphatic heterocycles. The smallest absolute Gasteiger partial charge is 0.254 e. The molecule has 0 aromatic heterocycles. The Morgan fingerprint density at radius 1 is 1.06 bits per heavy atom. The van der Waals surface area contributed by atoms with Crippen molar-refractivity contribution < 1.29 is 19.1 Å². The van der Waals surface area contributed by atoms with E-state index >= 15 is 0 Å². The molecule has 1 heterocycles. The van der Waals surface area contributed by atoms with Gasteiger partial charge < -0.3 is 14.4 Å². The molecule has 2 aromatic rings. The lowest BCUT2D eigenvalue weighted by atomic mass is 9.88. The van der Waals surface area contributed by atoms with Gasteiger partial charge >= 0.3 is 0 Å². The molecule has 0 N–H and O–H groups in total. The second-order valence-corrected chi connectivity index (χ2v) is 8.24. The Kier molecular flexibility index (Phi) is 7.63. The summed E-state index contributed by atoms with van der Waals surface area (Å²) in [6.45, 7) is 4.78. The van der Waals surface area contributed by atoms with E-state index in [1.165, 1.54) is 0 Å². The van der Waals surface area contributed by atoms with Gasteiger partial charge in [-0.1, -0.05) is 29.3 Å². The minimum absolute atomic E-state index is 0.0325. The number of allylic oxidation sites excluding steroid dienone is 1. The number of ether oxygens (including phenoxy) is 2. The number of carbonyl (C=O) groups is 2. The summed E-state index contributed by atoms with van der Waals surface area (Å²) in [5, 5.41) is 0.785. The largest absolute Gasteiger partial charge is 0.493 e. The summed E-state index contributed by atoms with van der Waals surface area (Å²) in [6, 6.07) is 8.44. The maximum Gasteiger partial charge on any atom is 0.254 e. The van der Waals surface area contributed by atoms with Crippen LogP contribution < -0.4 is 9.47 Å². The second-order valence-electron chi connectivity index (χ2n) is 7.42. The molecule has 0 radical (unpaired) electrons. The lowest BCUT2D eigenvalue weighted by Gasteiger charge is -2.31. The van der Waals surface area contributed by atoms with Gasteiger partial charge in [-0.15, -0.1) is 6.58 Å². The van der Waals surface area contributed by atoms with Gasteiger partial charge in [-0.25, -0.2) is 0 Å². The first kappa shape index (κ1) is 23.2. The number of halogens is 2. The molecule has 5 nitrogen and oxygen atoms in total. The average Bonchev–Trinajstić information content (AvgIpc) is 2.79. The monoisotopic (exact) mass is 461 g/mol. The van der Waals surface area contributed by atoms with E-state index in [2.05, 4.69) is 6.58 Å². The van der Waals surface area contributed by atoms with Gasteiger partial charge in [0.15, 0.2) is 17.3 Å². The molecule has 0 atom stereocenters. The highest BCUT2D eigenvalue weighted by molar-refractivity contribution is 6.42. The Bertz CT molecular complexity index is 997. The van der Waals surface area contributed by atoms with Gasteiger partial charge in [0.25, 0.3) is 5.91 Å². The van der Waals surface area contributed by atoms with Crippen molar-refractivity contribution in [3.05, 3.63) is 69.7 Å². The van der Waals surface area contributed by atoms with Crippen LogP contribution >= 0.6 is 23.2 Å². The fourth-order valence-electron chi connectivity index (χ4n) is 3.89. The van der Waals surface area contributed by atoms with Gasteiger partial charge in [0.1, 0.15) is 0 Å². The molecule has 0 unspecified atom stereocenters. The number of likely N-dealkylation sites (tertiary alicyclic amines) is 1. The highest BCUT2D eigenvalue weighted by Gasteiger charge is 2.29. The summed E-state index contributed by atoms with van der Waals surface area (Å²) < 4.78 is 10.9. The molecule has 1 saturated heterocycles. The predicted molar refractivity (Wildman–Crippen MR) is 123 cm³/mol. The summed E-state index contributed by atoms with van der Waals surface area (Å²) in [7, 11) is 3.12. The van der Waals surface area contributed by atoms with Crippen molar-refractivity contribution in [3.63, 3.8) is 0 Å². The van der Waals surface area contributed by atoms with Crippen LogP contribution in [0.3, 0.4) is 0 Å². The Morgan fingerprint density at radius 2 is 1.77 bits per heavy atom. The van der Waals surface area contributed by atoms with Crippen LogP contribution in [-0.4, -0.2) is 43.9 Å². The van der Waals surface area contributed by atoms with Crippen molar-refractivity contribution in [2.75, 3.05) is 27.3 Å². The fourth-order valence-corrected chi connectivity index (χ4v) is 4.18. The number of piperidine rings is 1. The number of Topliss-reactive ketones (excluding diaryl/α,β-unsaturated/α-hetero) is 1. The van der Waals surface area contributed by atoms with Gasteiger partial charge in [0, 0.05) is 35.7 Å². The third kappa shape index (κ3) is 5.05. The van der Waals surface area contributed by atoms with Crippen LogP contribution in [0, 0.1) is 5.92 Å². The van der Waals surface area contributed by atoms with E-state index in [0.29, 0.717) is 65.0 Å². The summed E-state index contributed by atoms with van der Waals surface area (Å²) >= 11 is 12.0. The SMILES string of the molecule is C=CCc1cc(C(=O)N2CCC(C(=O)c3ccc(Cl)c(Cl)c3)CC2)cc(OC)c1OC.